The Morgan fingerprint density at radius 3 is 2.69 bits per heavy atom. The summed E-state index contributed by atoms with van der Waals surface area (Å²) >= 11 is 1.00. The molecule has 3 heterocycles. The molecule has 1 aromatic carbocycles. The molecule has 0 fully saturated rings. The van der Waals surface area contributed by atoms with Crippen molar-refractivity contribution >= 4 is 44.9 Å². The van der Waals surface area contributed by atoms with Crippen LogP contribution in [-0.2, 0) is 16.6 Å². The number of ether oxygens (including phenoxy) is 1. The number of aromatic nitrogens is 4. The highest BCUT2D eigenvalue weighted by Gasteiger charge is 2.24. The Balaban J connectivity index is 1.43. The van der Waals surface area contributed by atoms with Crippen LogP contribution in [0.5, 0.6) is 0 Å². The number of fused-ring (bicyclic) bond motifs is 1. The Labute approximate surface area is 212 Å². The topological polar surface area (TPSA) is 131 Å². The summed E-state index contributed by atoms with van der Waals surface area (Å²) in [6.45, 7) is 6.92. The summed E-state index contributed by atoms with van der Waals surface area (Å²) in [6, 6.07) is 7.88. The zero-order valence-electron chi connectivity index (χ0n) is 20.7. The molecule has 36 heavy (non-hydrogen) atoms. The van der Waals surface area contributed by atoms with E-state index >= 15 is 0 Å². The van der Waals surface area contributed by atoms with Gasteiger partial charge in [-0.05, 0) is 50.8 Å². The fourth-order valence-corrected chi connectivity index (χ4v) is 4.34. The summed E-state index contributed by atoms with van der Waals surface area (Å²) in [4.78, 5) is 33.8. The van der Waals surface area contributed by atoms with Gasteiger partial charge in [-0.2, -0.15) is 5.10 Å². The number of aryl methyl sites for hydroxylation is 2. The van der Waals surface area contributed by atoms with Gasteiger partial charge in [0.05, 0.1) is 18.4 Å². The van der Waals surface area contributed by atoms with Gasteiger partial charge in [-0.1, -0.05) is 23.5 Å². The zero-order valence-corrected chi connectivity index (χ0v) is 21.5. The first-order chi connectivity index (χ1) is 17.0. The van der Waals surface area contributed by atoms with Crippen molar-refractivity contribution in [3.05, 3.63) is 53.4 Å². The molecular weight excluding hydrogens is 480 g/mol. The van der Waals surface area contributed by atoms with Gasteiger partial charge in [0.25, 0.3) is 5.91 Å². The number of aliphatic hydroxyl groups is 1. The van der Waals surface area contributed by atoms with Crippen molar-refractivity contribution in [2.24, 2.45) is 7.05 Å². The second kappa shape index (κ2) is 10.0. The van der Waals surface area contributed by atoms with Crippen molar-refractivity contribution in [1.82, 2.24) is 19.7 Å². The van der Waals surface area contributed by atoms with E-state index in [1.807, 2.05) is 37.5 Å². The maximum absolute atomic E-state index is 12.6. The summed E-state index contributed by atoms with van der Waals surface area (Å²) in [5.41, 5.74) is 1.75. The first-order valence-corrected chi connectivity index (χ1v) is 12.1. The number of aliphatic hydroxyl groups excluding tert-OH is 1. The summed E-state index contributed by atoms with van der Waals surface area (Å²) in [6.07, 6.45) is 4.00. The van der Waals surface area contributed by atoms with Crippen molar-refractivity contribution in [2.45, 2.75) is 39.4 Å². The predicted octanol–water partition coefficient (Wildman–Crippen LogP) is 3.77. The molecule has 3 aromatic heterocycles. The molecule has 0 saturated carbocycles. The van der Waals surface area contributed by atoms with E-state index in [4.69, 9.17) is 4.74 Å². The number of hydrogen-bond donors (Lipinski definition) is 3. The van der Waals surface area contributed by atoms with Crippen molar-refractivity contribution < 1.29 is 19.4 Å². The average Bonchev–Trinajstić information content (AvgIpc) is 3.41. The Kier molecular flexibility index (Phi) is 7.04. The molecule has 0 spiro atoms. The van der Waals surface area contributed by atoms with Gasteiger partial charge in [0.1, 0.15) is 22.4 Å². The molecule has 4 aromatic rings. The van der Waals surface area contributed by atoms with E-state index in [1.54, 1.807) is 44.8 Å². The number of rotatable bonds is 7. The van der Waals surface area contributed by atoms with E-state index in [-0.39, 0.29) is 11.7 Å². The maximum atomic E-state index is 12.6. The fraction of sp³-hybridized carbons (Fsp3) is 0.320. The molecule has 1 amide bonds. The number of benzene rings is 1. The number of amides is 1. The van der Waals surface area contributed by atoms with Crippen LogP contribution in [0.25, 0.3) is 21.9 Å². The van der Waals surface area contributed by atoms with Crippen LogP contribution in [0.3, 0.4) is 0 Å². The molecule has 3 N–H and O–H groups in total. The second-order valence-electron chi connectivity index (χ2n) is 9.32. The Morgan fingerprint density at radius 1 is 1.22 bits per heavy atom. The summed E-state index contributed by atoms with van der Waals surface area (Å²) in [5.74, 6) is -0.612. The highest BCUT2D eigenvalue weighted by atomic mass is 32.1. The van der Waals surface area contributed by atoms with Crippen LogP contribution in [0.4, 0.5) is 10.9 Å². The molecule has 0 saturated heterocycles. The number of thiazole rings is 1. The number of carbonyl (C=O) groups is 2. The lowest BCUT2D eigenvalue weighted by atomic mass is 10.0. The molecule has 0 aliphatic carbocycles. The van der Waals surface area contributed by atoms with E-state index in [9.17, 15) is 14.7 Å². The standard InChI is InChI=1S/C25H28N6O4S/c1-14-20(23(34)35-25(2,3)4)36-24(29-14)30-22(33)19(32)12-27-21-18-10-16(17-11-28-31(5)13-17)7-6-15(18)8-9-26-21/h6-11,13,19,32H,12H2,1-5H3,(H,26,27)(H,29,30,33)/t19-/m0/s1. The lowest BCUT2D eigenvalue weighted by Crippen LogP contribution is -2.33. The van der Waals surface area contributed by atoms with Gasteiger partial charge in [-0.25, -0.2) is 14.8 Å². The van der Waals surface area contributed by atoms with Gasteiger partial charge in [0, 0.05) is 30.4 Å². The maximum Gasteiger partial charge on any atom is 0.350 e. The molecule has 11 heteroatoms. The van der Waals surface area contributed by atoms with E-state index in [0.717, 1.165) is 33.2 Å². The molecule has 0 aliphatic heterocycles. The third kappa shape index (κ3) is 5.86. The van der Waals surface area contributed by atoms with Gasteiger partial charge in [-0.15, -0.1) is 0 Å². The smallest absolute Gasteiger partial charge is 0.350 e. The lowest BCUT2D eigenvalue weighted by molar-refractivity contribution is -0.123. The minimum atomic E-state index is -1.38. The lowest BCUT2D eigenvalue weighted by Gasteiger charge is -2.18. The van der Waals surface area contributed by atoms with Crippen LogP contribution in [-0.4, -0.2) is 55.0 Å². The molecule has 0 radical (unpaired) electrons. The highest BCUT2D eigenvalue weighted by molar-refractivity contribution is 7.17. The van der Waals surface area contributed by atoms with E-state index in [0.29, 0.717) is 16.4 Å². The van der Waals surface area contributed by atoms with Crippen LogP contribution in [0.15, 0.2) is 42.9 Å². The highest BCUT2D eigenvalue weighted by Crippen LogP contribution is 2.28. The van der Waals surface area contributed by atoms with Gasteiger partial charge >= 0.3 is 5.97 Å². The van der Waals surface area contributed by atoms with Crippen molar-refractivity contribution in [2.75, 3.05) is 17.2 Å². The molecule has 0 bridgehead atoms. The normalized spacial score (nSPS) is 12.4. The van der Waals surface area contributed by atoms with Crippen LogP contribution >= 0.6 is 11.3 Å². The van der Waals surface area contributed by atoms with Gasteiger partial charge in [0.15, 0.2) is 5.13 Å². The SMILES string of the molecule is Cc1nc(NC(=O)[C@@H](O)CNc2nccc3ccc(-c4cnn(C)c4)cc23)sc1C(=O)OC(C)(C)C. The fourth-order valence-electron chi connectivity index (χ4n) is 3.50. The first-order valence-electron chi connectivity index (χ1n) is 11.3. The third-order valence-corrected chi connectivity index (χ3v) is 6.23. The number of nitrogens with zero attached hydrogens (tertiary/aromatic N) is 4. The van der Waals surface area contributed by atoms with Crippen LogP contribution in [0.2, 0.25) is 0 Å². The molecular formula is C25H28N6O4S. The zero-order chi connectivity index (χ0) is 26.0. The van der Waals surface area contributed by atoms with Crippen LogP contribution in [0.1, 0.15) is 36.1 Å². The van der Waals surface area contributed by atoms with Gasteiger partial charge in [0.2, 0.25) is 0 Å². The van der Waals surface area contributed by atoms with Gasteiger partial charge < -0.3 is 15.2 Å². The summed E-state index contributed by atoms with van der Waals surface area (Å²) in [5, 5.41) is 22.3. The predicted molar refractivity (Wildman–Crippen MR) is 139 cm³/mol. The molecule has 10 nitrogen and oxygen atoms in total. The molecule has 1 atom stereocenters. The number of nitrogens with one attached hydrogen (secondary N) is 2. The number of hydrogen-bond acceptors (Lipinski definition) is 9. The van der Waals surface area contributed by atoms with Crippen LogP contribution in [0, 0.1) is 6.92 Å². The molecule has 0 unspecified atom stereocenters. The number of carbonyl (C=O) groups excluding carboxylic acids is 2. The molecule has 4 rings (SSSR count). The van der Waals surface area contributed by atoms with E-state index < -0.39 is 23.6 Å². The Bertz CT molecular complexity index is 1420. The number of pyridine rings is 1. The summed E-state index contributed by atoms with van der Waals surface area (Å²) in [7, 11) is 1.86. The first kappa shape index (κ1) is 25.3. The molecule has 0 aliphatic rings. The van der Waals surface area contributed by atoms with Crippen LogP contribution < -0.4 is 10.6 Å². The Morgan fingerprint density at radius 2 is 2.00 bits per heavy atom. The number of esters is 1. The third-order valence-electron chi connectivity index (χ3n) is 5.18. The van der Waals surface area contributed by atoms with Crippen molar-refractivity contribution in [1.29, 1.82) is 0 Å². The number of anilines is 2. The van der Waals surface area contributed by atoms with E-state index in [2.05, 4.69) is 25.7 Å². The Hall–Kier alpha value is -3.83. The average molecular weight is 509 g/mol. The van der Waals surface area contributed by atoms with E-state index in [1.165, 1.54) is 0 Å². The van der Waals surface area contributed by atoms with Crippen molar-refractivity contribution in [3.8, 4) is 11.1 Å². The van der Waals surface area contributed by atoms with Crippen molar-refractivity contribution in [3.63, 3.8) is 0 Å². The largest absolute Gasteiger partial charge is 0.456 e. The second-order valence-corrected chi connectivity index (χ2v) is 10.3. The van der Waals surface area contributed by atoms with Gasteiger partial charge in [-0.3, -0.25) is 14.8 Å². The minimum Gasteiger partial charge on any atom is -0.456 e. The monoisotopic (exact) mass is 508 g/mol. The summed E-state index contributed by atoms with van der Waals surface area (Å²) < 4.78 is 7.11. The quantitative estimate of drug-likeness (QED) is 0.322. The molecule has 188 valence electrons. The minimum absolute atomic E-state index is 0.0711.